The summed E-state index contributed by atoms with van der Waals surface area (Å²) in [4.78, 5) is 11.0. The third-order valence-corrected chi connectivity index (χ3v) is 2.82. The quantitative estimate of drug-likeness (QED) is 0.904. The fourth-order valence-electron chi connectivity index (χ4n) is 1.33. The number of alkyl halides is 3. The zero-order chi connectivity index (χ0) is 12.9. The van der Waals surface area contributed by atoms with Crippen LogP contribution in [0.4, 0.5) is 13.2 Å². The Hall–Kier alpha value is -1.17. The topological polar surface area (TPSA) is 29.1 Å². The largest absolute Gasteiger partial charge is 0.441 e. The molecule has 1 amide bonds. The van der Waals surface area contributed by atoms with Gasteiger partial charge in [0.25, 0.3) is 0 Å². The molecule has 2 nitrogen and oxygen atoms in total. The average molecular weight is 263 g/mol. The molecule has 0 aliphatic rings. The summed E-state index contributed by atoms with van der Waals surface area (Å²) in [5.41, 5.74) is -3.62. The van der Waals surface area contributed by atoms with Gasteiger partial charge in [-0.3, -0.25) is 4.79 Å². The monoisotopic (exact) mass is 263 g/mol. The molecule has 1 rings (SSSR count). The van der Waals surface area contributed by atoms with Gasteiger partial charge in [-0.25, -0.2) is 0 Å². The molecular weight excluding hydrogens is 251 g/mol. The van der Waals surface area contributed by atoms with Gasteiger partial charge in [0.15, 0.2) is 0 Å². The van der Waals surface area contributed by atoms with Gasteiger partial charge in [-0.05, 0) is 17.3 Å². The van der Waals surface area contributed by atoms with E-state index in [2.05, 4.69) is 5.32 Å². The standard InChI is InChI=1S/C11H12F3NOS/c1-8(16)15-10(7-17-11(12,13)14)9-5-3-2-4-6-9/h2-6,10H,7H2,1H3,(H,15,16). The fourth-order valence-corrected chi connectivity index (χ4v) is 1.96. The zero-order valence-electron chi connectivity index (χ0n) is 9.12. The molecule has 0 aliphatic heterocycles. The van der Waals surface area contributed by atoms with Crippen molar-refractivity contribution in [2.75, 3.05) is 5.75 Å². The first kappa shape index (κ1) is 13.9. The van der Waals surface area contributed by atoms with E-state index in [-0.39, 0.29) is 23.4 Å². The second-order valence-electron chi connectivity index (χ2n) is 3.42. The third kappa shape index (κ3) is 5.63. The van der Waals surface area contributed by atoms with Crippen LogP contribution in [0.3, 0.4) is 0 Å². The molecule has 17 heavy (non-hydrogen) atoms. The number of thioether (sulfide) groups is 1. The number of hydrogen-bond donors (Lipinski definition) is 1. The molecule has 1 atom stereocenters. The zero-order valence-corrected chi connectivity index (χ0v) is 9.94. The van der Waals surface area contributed by atoms with Crippen molar-refractivity contribution in [2.24, 2.45) is 0 Å². The minimum Gasteiger partial charge on any atom is -0.349 e. The number of benzene rings is 1. The van der Waals surface area contributed by atoms with Gasteiger partial charge in [-0.15, -0.1) is 0 Å². The van der Waals surface area contributed by atoms with Gasteiger partial charge < -0.3 is 5.32 Å². The van der Waals surface area contributed by atoms with E-state index in [0.717, 1.165) is 0 Å². The summed E-state index contributed by atoms with van der Waals surface area (Å²) >= 11 is -0.136. The highest BCUT2D eigenvalue weighted by Gasteiger charge is 2.30. The van der Waals surface area contributed by atoms with Gasteiger partial charge >= 0.3 is 5.51 Å². The molecule has 1 N–H and O–H groups in total. The van der Waals surface area contributed by atoms with E-state index < -0.39 is 11.6 Å². The van der Waals surface area contributed by atoms with Gasteiger partial charge in [0.2, 0.25) is 5.91 Å². The molecule has 0 radical (unpaired) electrons. The highest BCUT2D eigenvalue weighted by atomic mass is 32.2. The third-order valence-electron chi connectivity index (χ3n) is 1.99. The van der Waals surface area contributed by atoms with Gasteiger partial charge in [0, 0.05) is 12.7 Å². The molecule has 0 bridgehead atoms. The Kier molecular flexibility index (Phi) is 4.86. The molecular formula is C11H12F3NOS. The van der Waals surface area contributed by atoms with Crippen molar-refractivity contribution < 1.29 is 18.0 Å². The van der Waals surface area contributed by atoms with Crippen molar-refractivity contribution in [3.05, 3.63) is 35.9 Å². The number of halogens is 3. The van der Waals surface area contributed by atoms with E-state index in [9.17, 15) is 18.0 Å². The lowest BCUT2D eigenvalue weighted by Gasteiger charge is -2.18. The second kappa shape index (κ2) is 5.95. The van der Waals surface area contributed by atoms with Crippen LogP contribution in [0.25, 0.3) is 0 Å². The summed E-state index contributed by atoms with van der Waals surface area (Å²) in [5, 5.41) is 2.51. The maximum Gasteiger partial charge on any atom is 0.441 e. The molecule has 0 aliphatic carbocycles. The van der Waals surface area contributed by atoms with Crippen LogP contribution in [0.2, 0.25) is 0 Å². The lowest BCUT2D eigenvalue weighted by Crippen LogP contribution is -2.28. The molecule has 94 valence electrons. The molecule has 6 heteroatoms. The van der Waals surface area contributed by atoms with Crippen LogP contribution in [0.15, 0.2) is 30.3 Å². The number of amides is 1. The Labute approximate surface area is 102 Å². The summed E-state index contributed by atoms with van der Waals surface area (Å²) in [6.45, 7) is 1.29. The molecule has 1 aromatic rings. The Morgan fingerprint density at radius 2 is 1.94 bits per heavy atom. The first-order valence-electron chi connectivity index (χ1n) is 4.91. The lowest BCUT2D eigenvalue weighted by molar-refractivity contribution is -0.119. The van der Waals surface area contributed by atoms with Gasteiger partial charge in [0.05, 0.1) is 6.04 Å². The van der Waals surface area contributed by atoms with Crippen LogP contribution < -0.4 is 5.32 Å². The molecule has 0 spiro atoms. The van der Waals surface area contributed by atoms with E-state index in [1.807, 2.05) is 0 Å². The number of hydrogen-bond acceptors (Lipinski definition) is 2. The number of carbonyl (C=O) groups is 1. The van der Waals surface area contributed by atoms with Crippen LogP contribution >= 0.6 is 11.8 Å². The van der Waals surface area contributed by atoms with E-state index in [0.29, 0.717) is 5.56 Å². The summed E-state index contributed by atoms with van der Waals surface area (Å²) in [7, 11) is 0. The smallest absolute Gasteiger partial charge is 0.349 e. The van der Waals surface area contributed by atoms with Crippen LogP contribution in [0.5, 0.6) is 0 Å². The van der Waals surface area contributed by atoms with Crippen LogP contribution in [-0.2, 0) is 4.79 Å². The molecule has 0 heterocycles. The summed E-state index contributed by atoms with van der Waals surface area (Å²) < 4.78 is 36.4. The lowest BCUT2D eigenvalue weighted by atomic mass is 10.1. The predicted molar refractivity (Wildman–Crippen MR) is 61.5 cm³/mol. The van der Waals surface area contributed by atoms with Gasteiger partial charge in [-0.1, -0.05) is 30.3 Å². The van der Waals surface area contributed by atoms with E-state index in [1.165, 1.54) is 6.92 Å². The highest BCUT2D eigenvalue weighted by Crippen LogP contribution is 2.33. The van der Waals surface area contributed by atoms with Crippen molar-refractivity contribution in [2.45, 2.75) is 18.5 Å². The molecule has 1 unspecified atom stereocenters. The Bertz CT molecular complexity index is 367. The number of nitrogens with one attached hydrogen (secondary N) is 1. The SMILES string of the molecule is CC(=O)NC(CSC(F)(F)F)c1ccccc1. The Morgan fingerprint density at radius 3 is 2.41 bits per heavy atom. The molecule has 0 saturated carbocycles. The van der Waals surface area contributed by atoms with Crippen LogP contribution in [0, 0.1) is 0 Å². The molecule has 0 aromatic heterocycles. The van der Waals surface area contributed by atoms with Crippen molar-refractivity contribution >= 4 is 17.7 Å². The predicted octanol–water partition coefficient (Wildman–Crippen LogP) is 3.12. The average Bonchev–Trinajstić information content (AvgIpc) is 2.24. The minimum absolute atomic E-state index is 0.136. The van der Waals surface area contributed by atoms with E-state index >= 15 is 0 Å². The van der Waals surface area contributed by atoms with Crippen molar-refractivity contribution in [3.63, 3.8) is 0 Å². The Morgan fingerprint density at radius 1 is 1.35 bits per heavy atom. The Balaban J connectivity index is 2.71. The van der Waals surface area contributed by atoms with Crippen LogP contribution in [-0.4, -0.2) is 17.2 Å². The molecule has 0 fully saturated rings. The van der Waals surface area contributed by atoms with Crippen molar-refractivity contribution in [1.29, 1.82) is 0 Å². The minimum atomic E-state index is -4.29. The summed E-state index contributed by atoms with van der Waals surface area (Å²) in [6, 6.07) is 7.98. The van der Waals surface area contributed by atoms with Crippen molar-refractivity contribution in [3.8, 4) is 0 Å². The number of rotatable bonds is 4. The van der Waals surface area contributed by atoms with E-state index in [4.69, 9.17) is 0 Å². The van der Waals surface area contributed by atoms with Gasteiger partial charge in [-0.2, -0.15) is 13.2 Å². The summed E-state index contributed by atoms with van der Waals surface area (Å²) in [6.07, 6.45) is 0. The fraction of sp³-hybridized carbons (Fsp3) is 0.364. The molecule has 0 saturated heterocycles. The highest BCUT2D eigenvalue weighted by molar-refractivity contribution is 8.00. The second-order valence-corrected chi connectivity index (χ2v) is 4.51. The summed E-state index contributed by atoms with van der Waals surface area (Å²) in [5.74, 6) is -0.575. The first-order valence-corrected chi connectivity index (χ1v) is 5.90. The normalized spacial score (nSPS) is 13.2. The van der Waals surface area contributed by atoms with Crippen LogP contribution in [0.1, 0.15) is 18.5 Å². The molecule has 1 aromatic carbocycles. The maximum absolute atomic E-state index is 12.1. The maximum atomic E-state index is 12.1. The number of carbonyl (C=O) groups excluding carboxylic acids is 1. The van der Waals surface area contributed by atoms with E-state index in [1.54, 1.807) is 30.3 Å². The van der Waals surface area contributed by atoms with Gasteiger partial charge in [0.1, 0.15) is 0 Å². The first-order chi connectivity index (χ1) is 7.88. The van der Waals surface area contributed by atoms with Crippen molar-refractivity contribution in [1.82, 2.24) is 5.32 Å².